The molecule has 0 aromatic rings. The van der Waals surface area contributed by atoms with Gasteiger partial charge in [-0.1, -0.05) is 6.92 Å². The van der Waals surface area contributed by atoms with Gasteiger partial charge in [-0.3, -0.25) is 9.59 Å². The minimum absolute atomic E-state index is 0.0135. The van der Waals surface area contributed by atoms with Gasteiger partial charge in [0.1, 0.15) is 0 Å². The quantitative estimate of drug-likeness (QED) is 0.744. The highest BCUT2D eigenvalue weighted by molar-refractivity contribution is 5.73. The van der Waals surface area contributed by atoms with E-state index in [4.69, 9.17) is 9.47 Å². The lowest BCUT2D eigenvalue weighted by Gasteiger charge is -2.40. The number of hydrogen-bond acceptors (Lipinski definition) is 4. The maximum Gasteiger partial charge on any atom is 0.308 e. The molecule has 2 aliphatic rings. The molecule has 0 spiro atoms. The summed E-state index contributed by atoms with van der Waals surface area (Å²) in [5, 5.41) is 0. The highest BCUT2D eigenvalue weighted by Crippen LogP contribution is 2.45. The molecular formula is C16H26O4. The van der Waals surface area contributed by atoms with Gasteiger partial charge in [0.15, 0.2) is 0 Å². The molecule has 2 rings (SSSR count). The number of fused-ring (bicyclic) bond motifs is 1. The molecule has 2 fully saturated rings. The second kappa shape index (κ2) is 7.09. The van der Waals surface area contributed by atoms with E-state index in [1.165, 1.54) is 7.11 Å². The monoisotopic (exact) mass is 282 g/mol. The first kappa shape index (κ1) is 15.3. The van der Waals surface area contributed by atoms with E-state index in [-0.39, 0.29) is 23.8 Å². The van der Waals surface area contributed by atoms with Crippen LogP contribution in [0.4, 0.5) is 0 Å². The second-order valence-corrected chi connectivity index (χ2v) is 6.23. The summed E-state index contributed by atoms with van der Waals surface area (Å²) in [4.78, 5) is 23.6. The van der Waals surface area contributed by atoms with Crippen molar-refractivity contribution in [2.75, 3.05) is 13.7 Å². The van der Waals surface area contributed by atoms with Gasteiger partial charge in [0.25, 0.3) is 0 Å². The van der Waals surface area contributed by atoms with E-state index in [9.17, 15) is 9.59 Å². The normalized spacial score (nSPS) is 33.1. The molecule has 2 saturated carbocycles. The molecule has 0 N–H and O–H groups in total. The van der Waals surface area contributed by atoms with Crippen LogP contribution in [0.2, 0.25) is 0 Å². The van der Waals surface area contributed by atoms with Crippen LogP contribution in [-0.4, -0.2) is 25.7 Å². The standard InChI is InChI=1S/C16H26O4/c1-3-8-20-16(18)14-7-5-11-9-13(15(17)19-2)6-4-12(11)10-14/h11-14H,3-10H2,1-2H3. The zero-order valence-corrected chi connectivity index (χ0v) is 12.6. The summed E-state index contributed by atoms with van der Waals surface area (Å²) >= 11 is 0. The van der Waals surface area contributed by atoms with Gasteiger partial charge in [-0.05, 0) is 56.8 Å². The zero-order chi connectivity index (χ0) is 14.5. The third kappa shape index (κ3) is 3.53. The smallest absolute Gasteiger partial charge is 0.308 e. The van der Waals surface area contributed by atoms with Crippen molar-refractivity contribution in [1.29, 1.82) is 0 Å². The fraction of sp³-hybridized carbons (Fsp3) is 0.875. The Balaban J connectivity index is 1.84. The number of carbonyl (C=O) groups is 2. The second-order valence-electron chi connectivity index (χ2n) is 6.23. The van der Waals surface area contributed by atoms with Crippen LogP contribution in [0.5, 0.6) is 0 Å². The Morgan fingerprint density at radius 1 is 0.950 bits per heavy atom. The Morgan fingerprint density at radius 2 is 1.50 bits per heavy atom. The molecule has 4 nitrogen and oxygen atoms in total. The van der Waals surface area contributed by atoms with Crippen LogP contribution in [0.25, 0.3) is 0 Å². The molecule has 4 unspecified atom stereocenters. The van der Waals surface area contributed by atoms with Gasteiger partial charge in [-0.25, -0.2) is 0 Å². The first-order chi connectivity index (χ1) is 9.65. The lowest BCUT2D eigenvalue weighted by atomic mass is 9.65. The Hall–Kier alpha value is -1.06. The lowest BCUT2D eigenvalue weighted by molar-refractivity contribution is -0.153. The molecule has 0 saturated heterocycles. The molecule has 0 heterocycles. The summed E-state index contributed by atoms with van der Waals surface area (Å²) < 4.78 is 10.1. The molecule has 20 heavy (non-hydrogen) atoms. The summed E-state index contributed by atoms with van der Waals surface area (Å²) in [6.07, 6.45) is 6.68. The maximum atomic E-state index is 12.0. The van der Waals surface area contributed by atoms with Gasteiger partial charge in [0, 0.05) is 0 Å². The number of hydrogen-bond donors (Lipinski definition) is 0. The summed E-state index contributed by atoms with van der Waals surface area (Å²) in [5.74, 6) is 1.25. The van der Waals surface area contributed by atoms with Gasteiger partial charge in [-0.2, -0.15) is 0 Å². The number of esters is 2. The van der Waals surface area contributed by atoms with Crippen LogP contribution in [0.3, 0.4) is 0 Å². The van der Waals surface area contributed by atoms with E-state index in [2.05, 4.69) is 0 Å². The van der Waals surface area contributed by atoms with Crippen LogP contribution in [-0.2, 0) is 19.1 Å². The fourth-order valence-corrected chi connectivity index (χ4v) is 3.80. The average Bonchev–Trinajstić information content (AvgIpc) is 2.50. The van der Waals surface area contributed by atoms with E-state index in [0.29, 0.717) is 18.4 Å². The molecule has 0 radical (unpaired) electrons. The van der Waals surface area contributed by atoms with Crippen LogP contribution in [0, 0.1) is 23.7 Å². The number of carbonyl (C=O) groups excluding carboxylic acids is 2. The number of methoxy groups -OCH3 is 1. The van der Waals surface area contributed by atoms with Crippen molar-refractivity contribution in [2.24, 2.45) is 23.7 Å². The van der Waals surface area contributed by atoms with Crippen molar-refractivity contribution in [3.8, 4) is 0 Å². The van der Waals surface area contributed by atoms with Crippen LogP contribution in [0.15, 0.2) is 0 Å². The fourth-order valence-electron chi connectivity index (χ4n) is 3.80. The third-order valence-electron chi connectivity index (χ3n) is 4.93. The largest absolute Gasteiger partial charge is 0.469 e. The van der Waals surface area contributed by atoms with Gasteiger partial charge in [0.05, 0.1) is 25.6 Å². The highest BCUT2D eigenvalue weighted by Gasteiger charge is 2.40. The SMILES string of the molecule is CCCOC(=O)C1CCC2CC(C(=O)OC)CCC2C1. The summed E-state index contributed by atoms with van der Waals surface area (Å²) in [6, 6.07) is 0. The molecule has 0 aromatic carbocycles. The van der Waals surface area contributed by atoms with Crippen molar-refractivity contribution in [1.82, 2.24) is 0 Å². The van der Waals surface area contributed by atoms with Crippen molar-refractivity contribution >= 4 is 11.9 Å². The van der Waals surface area contributed by atoms with Gasteiger partial charge >= 0.3 is 11.9 Å². The Kier molecular flexibility index (Phi) is 5.44. The Bertz CT molecular complexity index is 352. The van der Waals surface area contributed by atoms with Gasteiger partial charge in [-0.15, -0.1) is 0 Å². The van der Waals surface area contributed by atoms with E-state index in [1.54, 1.807) is 0 Å². The first-order valence-electron chi connectivity index (χ1n) is 7.90. The summed E-state index contributed by atoms with van der Waals surface area (Å²) in [7, 11) is 1.47. The lowest BCUT2D eigenvalue weighted by Crippen LogP contribution is -2.36. The molecule has 2 aliphatic carbocycles. The predicted octanol–water partition coefficient (Wildman–Crippen LogP) is 2.95. The molecular weight excluding hydrogens is 256 g/mol. The molecule has 114 valence electrons. The average molecular weight is 282 g/mol. The van der Waals surface area contributed by atoms with Crippen LogP contribution in [0.1, 0.15) is 51.9 Å². The molecule has 0 aromatic heterocycles. The van der Waals surface area contributed by atoms with E-state index in [0.717, 1.165) is 44.9 Å². The van der Waals surface area contributed by atoms with E-state index in [1.807, 2.05) is 6.92 Å². The predicted molar refractivity (Wildman–Crippen MR) is 74.9 cm³/mol. The highest BCUT2D eigenvalue weighted by atomic mass is 16.5. The Labute approximate surface area is 121 Å². The van der Waals surface area contributed by atoms with Crippen LogP contribution >= 0.6 is 0 Å². The first-order valence-corrected chi connectivity index (χ1v) is 7.90. The topological polar surface area (TPSA) is 52.6 Å². The number of ether oxygens (including phenoxy) is 2. The van der Waals surface area contributed by atoms with Gasteiger partial charge in [0.2, 0.25) is 0 Å². The van der Waals surface area contributed by atoms with Crippen molar-refractivity contribution in [3.63, 3.8) is 0 Å². The molecule has 4 heteroatoms. The zero-order valence-electron chi connectivity index (χ0n) is 12.6. The van der Waals surface area contributed by atoms with Crippen molar-refractivity contribution in [2.45, 2.75) is 51.9 Å². The van der Waals surface area contributed by atoms with Crippen molar-refractivity contribution < 1.29 is 19.1 Å². The molecule has 0 aliphatic heterocycles. The van der Waals surface area contributed by atoms with Crippen LogP contribution < -0.4 is 0 Å². The molecule has 4 atom stereocenters. The third-order valence-corrected chi connectivity index (χ3v) is 4.93. The van der Waals surface area contributed by atoms with E-state index < -0.39 is 0 Å². The van der Waals surface area contributed by atoms with Gasteiger partial charge < -0.3 is 9.47 Å². The maximum absolute atomic E-state index is 12.0. The summed E-state index contributed by atoms with van der Waals surface area (Å²) in [6.45, 7) is 2.55. The number of rotatable bonds is 4. The minimum atomic E-state index is -0.0621. The van der Waals surface area contributed by atoms with Crippen molar-refractivity contribution in [3.05, 3.63) is 0 Å². The molecule has 0 amide bonds. The molecule has 0 bridgehead atoms. The minimum Gasteiger partial charge on any atom is -0.469 e. The Morgan fingerprint density at radius 3 is 2.00 bits per heavy atom. The van der Waals surface area contributed by atoms with E-state index >= 15 is 0 Å². The summed E-state index contributed by atoms with van der Waals surface area (Å²) in [5.41, 5.74) is 0.